The van der Waals surface area contributed by atoms with Gasteiger partial charge in [0.15, 0.2) is 0 Å². The number of nitrogens with zero attached hydrogens (tertiary/aromatic N) is 2. The molecule has 2 saturated heterocycles. The molecule has 2 fully saturated rings. The van der Waals surface area contributed by atoms with Gasteiger partial charge in [-0.3, -0.25) is 0 Å². The molecule has 0 spiro atoms. The SMILES string of the molecule is CCn1c(C2CC3CCC2N3)nc2cc(C)ccc21. The molecule has 2 aliphatic heterocycles. The molecule has 0 amide bonds. The van der Waals surface area contributed by atoms with Crippen LogP contribution in [0.3, 0.4) is 0 Å². The van der Waals surface area contributed by atoms with Crippen LogP contribution in [0.1, 0.15) is 43.5 Å². The summed E-state index contributed by atoms with van der Waals surface area (Å²) in [4.78, 5) is 4.97. The molecule has 1 aromatic heterocycles. The quantitative estimate of drug-likeness (QED) is 0.894. The maximum atomic E-state index is 4.97. The molecule has 2 aromatic rings. The van der Waals surface area contributed by atoms with E-state index in [1.165, 1.54) is 41.7 Å². The lowest BCUT2D eigenvalue weighted by Crippen LogP contribution is -2.23. The van der Waals surface area contributed by atoms with Crippen molar-refractivity contribution in [2.75, 3.05) is 0 Å². The van der Waals surface area contributed by atoms with Crippen LogP contribution in [0.2, 0.25) is 0 Å². The molecule has 1 N–H and O–H groups in total. The third kappa shape index (κ3) is 1.64. The molecule has 0 radical (unpaired) electrons. The fourth-order valence-corrected chi connectivity index (χ4v) is 3.98. The largest absolute Gasteiger partial charge is 0.328 e. The Balaban J connectivity index is 1.85. The van der Waals surface area contributed by atoms with E-state index in [9.17, 15) is 0 Å². The topological polar surface area (TPSA) is 29.9 Å². The molecule has 1 aromatic carbocycles. The Bertz CT molecular complexity index is 628. The van der Waals surface area contributed by atoms with Crippen LogP contribution in [0, 0.1) is 6.92 Å². The molecule has 2 bridgehead atoms. The van der Waals surface area contributed by atoms with E-state index < -0.39 is 0 Å². The second-order valence-electron chi connectivity index (χ2n) is 6.10. The lowest BCUT2D eigenvalue weighted by atomic mass is 9.88. The Hall–Kier alpha value is -1.35. The highest BCUT2D eigenvalue weighted by atomic mass is 15.1. The Kier molecular flexibility index (Phi) is 2.46. The van der Waals surface area contributed by atoms with Gasteiger partial charge in [-0.15, -0.1) is 0 Å². The summed E-state index contributed by atoms with van der Waals surface area (Å²) >= 11 is 0. The minimum absolute atomic E-state index is 0.617. The molecule has 3 heteroatoms. The summed E-state index contributed by atoms with van der Waals surface area (Å²) in [6.07, 6.45) is 3.95. The van der Waals surface area contributed by atoms with E-state index in [2.05, 4.69) is 41.9 Å². The van der Waals surface area contributed by atoms with Gasteiger partial charge in [-0.2, -0.15) is 0 Å². The summed E-state index contributed by atoms with van der Waals surface area (Å²) in [5, 5.41) is 3.73. The predicted molar refractivity (Wildman–Crippen MR) is 77.4 cm³/mol. The first-order valence-corrected chi connectivity index (χ1v) is 7.49. The summed E-state index contributed by atoms with van der Waals surface area (Å²) < 4.78 is 2.42. The number of fused-ring (bicyclic) bond motifs is 3. The average Bonchev–Trinajstić information content (AvgIpc) is 3.10. The van der Waals surface area contributed by atoms with Crippen molar-refractivity contribution in [1.29, 1.82) is 0 Å². The van der Waals surface area contributed by atoms with E-state index >= 15 is 0 Å². The van der Waals surface area contributed by atoms with Crippen molar-refractivity contribution in [3.8, 4) is 0 Å². The van der Waals surface area contributed by atoms with Crippen molar-refractivity contribution in [1.82, 2.24) is 14.9 Å². The molecule has 3 atom stereocenters. The minimum atomic E-state index is 0.617. The molecule has 100 valence electrons. The number of rotatable bonds is 2. The van der Waals surface area contributed by atoms with Crippen molar-refractivity contribution >= 4 is 11.0 Å². The number of aromatic nitrogens is 2. The first-order chi connectivity index (χ1) is 9.26. The molecular weight excluding hydrogens is 234 g/mol. The summed E-state index contributed by atoms with van der Waals surface area (Å²) in [5.41, 5.74) is 3.76. The highest BCUT2D eigenvalue weighted by Crippen LogP contribution is 2.40. The number of imidazole rings is 1. The lowest BCUT2D eigenvalue weighted by molar-refractivity contribution is 0.471. The second kappa shape index (κ2) is 4.07. The Morgan fingerprint density at radius 3 is 2.95 bits per heavy atom. The molecule has 0 aliphatic carbocycles. The van der Waals surface area contributed by atoms with E-state index in [-0.39, 0.29) is 0 Å². The van der Waals surface area contributed by atoms with Gasteiger partial charge in [0.2, 0.25) is 0 Å². The van der Waals surface area contributed by atoms with Crippen molar-refractivity contribution in [3.05, 3.63) is 29.6 Å². The lowest BCUT2D eigenvalue weighted by Gasteiger charge is -2.20. The number of benzene rings is 1. The summed E-state index contributed by atoms with van der Waals surface area (Å²) in [6, 6.07) is 8.03. The number of hydrogen-bond donors (Lipinski definition) is 1. The monoisotopic (exact) mass is 255 g/mol. The van der Waals surface area contributed by atoms with Crippen molar-refractivity contribution in [2.45, 2.75) is 57.7 Å². The van der Waals surface area contributed by atoms with Crippen molar-refractivity contribution in [2.24, 2.45) is 0 Å². The zero-order valence-corrected chi connectivity index (χ0v) is 11.7. The van der Waals surface area contributed by atoms with Gasteiger partial charge in [0.25, 0.3) is 0 Å². The van der Waals surface area contributed by atoms with Crippen molar-refractivity contribution in [3.63, 3.8) is 0 Å². The highest BCUT2D eigenvalue weighted by Gasteiger charge is 2.41. The van der Waals surface area contributed by atoms with E-state index in [1.54, 1.807) is 0 Å². The first kappa shape index (κ1) is 11.5. The van der Waals surface area contributed by atoms with Crippen LogP contribution in [0.5, 0.6) is 0 Å². The summed E-state index contributed by atoms with van der Waals surface area (Å²) in [7, 11) is 0. The van der Waals surface area contributed by atoms with Gasteiger partial charge in [0.05, 0.1) is 11.0 Å². The predicted octanol–water partition coefficient (Wildman–Crippen LogP) is 2.97. The van der Waals surface area contributed by atoms with Crippen LogP contribution < -0.4 is 5.32 Å². The molecule has 0 saturated carbocycles. The van der Waals surface area contributed by atoms with Crippen molar-refractivity contribution < 1.29 is 0 Å². The van der Waals surface area contributed by atoms with Crippen LogP contribution in [0.4, 0.5) is 0 Å². The molecule has 3 heterocycles. The van der Waals surface area contributed by atoms with Gasteiger partial charge in [-0.05, 0) is 50.8 Å². The summed E-state index contributed by atoms with van der Waals surface area (Å²) in [6.45, 7) is 5.39. The van der Waals surface area contributed by atoms with Gasteiger partial charge in [-0.1, -0.05) is 6.07 Å². The van der Waals surface area contributed by atoms with Gasteiger partial charge >= 0.3 is 0 Å². The number of hydrogen-bond acceptors (Lipinski definition) is 2. The zero-order chi connectivity index (χ0) is 13.0. The maximum Gasteiger partial charge on any atom is 0.114 e. The molecule has 3 nitrogen and oxygen atoms in total. The molecule has 4 rings (SSSR count). The van der Waals surface area contributed by atoms with Gasteiger partial charge in [0.1, 0.15) is 5.82 Å². The third-order valence-corrected chi connectivity index (χ3v) is 4.88. The van der Waals surface area contributed by atoms with Crippen LogP contribution in [0.15, 0.2) is 18.2 Å². The maximum absolute atomic E-state index is 4.97. The fraction of sp³-hybridized carbons (Fsp3) is 0.562. The summed E-state index contributed by atoms with van der Waals surface area (Å²) in [5.74, 6) is 1.93. The Morgan fingerprint density at radius 1 is 1.37 bits per heavy atom. The number of nitrogens with one attached hydrogen (secondary N) is 1. The minimum Gasteiger partial charge on any atom is -0.328 e. The Labute approximate surface area is 114 Å². The van der Waals surface area contributed by atoms with E-state index in [4.69, 9.17) is 4.98 Å². The smallest absolute Gasteiger partial charge is 0.114 e. The zero-order valence-electron chi connectivity index (χ0n) is 11.7. The molecule has 3 unspecified atom stereocenters. The van der Waals surface area contributed by atoms with E-state index in [1.807, 2.05) is 0 Å². The molecular formula is C16H21N3. The first-order valence-electron chi connectivity index (χ1n) is 7.49. The standard InChI is InChI=1S/C16H21N3/c1-3-19-15-7-4-10(2)8-14(15)18-16(19)12-9-11-5-6-13(12)17-11/h4,7-8,11-13,17H,3,5-6,9H2,1-2H3. The second-order valence-corrected chi connectivity index (χ2v) is 6.10. The van der Waals surface area contributed by atoms with Crippen LogP contribution in [-0.4, -0.2) is 21.6 Å². The van der Waals surface area contributed by atoms with Gasteiger partial charge in [0, 0.05) is 24.5 Å². The highest BCUT2D eigenvalue weighted by molar-refractivity contribution is 5.77. The number of aryl methyl sites for hydroxylation is 2. The third-order valence-electron chi connectivity index (χ3n) is 4.88. The van der Waals surface area contributed by atoms with Gasteiger partial charge < -0.3 is 9.88 Å². The fourth-order valence-electron chi connectivity index (χ4n) is 3.98. The van der Waals surface area contributed by atoms with Gasteiger partial charge in [-0.25, -0.2) is 4.98 Å². The molecule has 19 heavy (non-hydrogen) atoms. The Morgan fingerprint density at radius 2 is 2.26 bits per heavy atom. The van der Waals surface area contributed by atoms with Crippen LogP contribution in [-0.2, 0) is 6.54 Å². The van der Waals surface area contributed by atoms with E-state index in [0.29, 0.717) is 12.0 Å². The van der Waals surface area contributed by atoms with Crippen LogP contribution >= 0.6 is 0 Å². The van der Waals surface area contributed by atoms with Crippen LogP contribution in [0.25, 0.3) is 11.0 Å². The average molecular weight is 255 g/mol. The van der Waals surface area contributed by atoms with E-state index in [0.717, 1.165) is 12.6 Å². The normalized spacial score (nSPS) is 29.5. The molecule has 2 aliphatic rings.